The molecule has 0 aromatic heterocycles. The van der Waals surface area contributed by atoms with Crippen LogP contribution in [0.1, 0.15) is 21.9 Å². The third kappa shape index (κ3) is 1.39. The Morgan fingerprint density at radius 1 is 1.00 bits per heavy atom. The molecule has 0 radical (unpaired) electrons. The van der Waals surface area contributed by atoms with Gasteiger partial charge in [0.1, 0.15) is 0 Å². The molecule has 1 heterocycles. The van der Waals surface area contributed by atoms with Gasteiger partial charge in [-0.05, 0) is 0 Å². The summed E-state index contributed by atoms with van der Waals surface area (Å²) in [5, 5.41) is 2.41. The Kier molecular flexibility index (Phi) is 2.39. The Morgan fingerprint density at radius 2 is 1.46 bits per heavy atom. The van der Waals surface area contributed by atoms with Crippen molar-refractivity contribution >= 4 is 23.3 Å². The lowest BCUT2D eigenvalue weighted by atomic mass is 10.1. The van der Waals surface area contributed by atoms with Crippen LogP contribution in [0.25, 0.3) is 0 Å². The van der Waals surface area contributed by atoms with E-state index in [4.69, 9.17) is 0 Å². The smallest absolute Gasteiger partial charge is 0.194 e. The number of hydrogen-bond donors (Lipinski definition) is 1. The molecule has 2 unspecified atom stereocenters. The first-order chi connectivity index (χ1) is 6.36. The first-order valence-corrected chi connectivity index (χ1v) is 5.40. The van der Waals surface area contributed by atoms with Gasteiger partial charge in [-0.2, -0.15) is 5.32 Å². The summed E-state index contributed by atoms with van der Waals surface area (Å²) in [6.07, 6.45) is 0. The maximum absolute atomic E-state index is 10.7. The molecule has 1 N–H and O–H groups in total. The monoisotopic (exact) mass is 213 g/mol. The van der Waals surface area contributed by atoms with Crippen molar-refractivity contribution in [3.63, 3.8) is 0 Å². The summed E-state index contributed by atoms with van der Waals surface area (Å²) in [6, 6.07) is 7.52. The molecule has 0 fully saturated rings. The zero-order valence-corrected chi connectivity index (χ0v) is 8.23. The summed E-state index contributed by atoms with van der Waals surface area (Å²) in [5.74, 6) is 0. The SMILES string of the molecule is O=[S+]C1NC([S+]=O)c2ccccc21. The molecule has 0 saturated heterocycles. The molecular weight excluding hydrogens is 206 g/mol. The molecule has 1 aliphatic rings. The van der Waals surface area contributed by atoms with Crippen LogP contribution in [0.15, 0.2) is 24.3 Å². The number of rotatable bonds is 2. The van der Waals surface area contributed by atoms with Crippen molar-refractivity contribution in [2.24, 2.45) is 0 Å². The molecule has 1 aromatic rings. The van der Waals surface area contributed by atoms with Gasteiger partial charge in [0.2, 0.25) is 0 Å². The number of nitrogens with one attached hydrogen (secondary N) is 1. The van der Waals surface area contributed by atoms with Gasteiger partial charge in [-0.3, -0.25) is 0 Å². The minimum Gasteiger partial charge on any atom is -0.194 e. The summed E-state index contributed by atoms with van der Waals surface area (Å²) in [6.45, 7) is 0. The molecule has 5 heteroatoms. The summed E-state index contributed by atoms with van der Waals surface area (Å²) >= 11 is 0.962. The zero-order valence-electron chi connectivity index (χ0n) is 6.60. The van der Waals surface area contributed by atoms with Crippen LogP contribution in [0.3, 0.4) is 0 Å². The standard InChI is InChI=1S/C8H7NO2S2/c10-12-7-5-3-1-2-4-6(5)8(9-7)13-11/h1-4,7-9H/q+2. The van der Waals surface area contributed by atoms with E-state index >= 15 is 0 Å². The third-order valence-corrected chi connectivity index (χ3v) is 3.22. The largest absolute Gasteiger partial charge is 0.484 e. The van der Waals surface area contributed by atoms with Crippen LogP contribution in [-0.4, -0.2) is 0 Å². The summed E-state index contributed by atoms with van der Waals surface area (Å²) in [4.78, 5) is 0. The van der Waals surface area contributed by atoms with Crippen molar-refractivity contribution in [1.29, 1.82) is 0 Å². The molecular formula is C8H7NO2S2+2. The Labute approximate surface area is 83.5 Å². The minimum absolute atomic E-state index is 0.275. The van der Waals surface area contributed by atoms with Crippen molar-refractivity contribution < 1.29 is 8.42 Å². The van der Waals surface area contributed by atoms with Crippen molar-refractivity contribution in [3.8, 4) is 0 Å². The van der Waals surface area contributed by atoms with Crippen molar-refractivity contribution in [2.75, 3.05) is 0 Å². The fourth-order valence-electron chi connectivity index (χ4n) is 1.46. The predicted molar refractivity (Wildman–Crippen MR) is 51.2 cm³/mol. The van der Waals surface area contributed by atoms with Crippen LogP contribution in [0.4, 0.5) is 0 Å². The summed E-state index contributed by atoms with van der Waals surface area (Å²) in [5.41, 5.74) is 1.88. The van der Waals surface area contributed by atoms with Gasteiger partial charge in [-0.1, -0.05) is 24.3 Å². The van der Waals surface area contributed by atoms with Crippen LogP contribution >= 0.6 is 0 Å². The van der Waals surface area contributed by atoms with Gasteiger partial charge >= 0.3 is 34.1 Å². The summed E-state index contributed by atoms with van der Waals surface area (Å²) in [7, 11) is 0. The molecule has 13 heavy (non-hydrogen) atoms. The second-order valence-electron chi connectivity index (χ2n) is 2.75. The van der Waals surface area contributed by atoms with Gasteiger partial charge < -0.3 is 0 Å². The van der Waals surface area contributed by atoms with E-state index in [0.29, 0.717) is 23.3 Å². The van der Waals surface area contributed by atoms with Crippen LogP contribution < -0.4 is 5.32 Å². The molecule has 2 rings (SSSR count). The van der Waals surface area contributed by atoms with E-state index in [-0.39, 0.29) is 10.7 Å². The van der Waals surface area contributed by atoms with E-state index in [9.17, 15) is 8.42 Å². The predicted octanol–water partition coefficient (Wildman–Crippen LogP) is 1.14. The van der Waals surface area contributed by atoms with Crippen LogP contribution in [0.2, 0.25) is 0 Å². The maximum atomic E-state index is 10.7. The minimum atomic E-state index is -0.275. The van der Waals surface area contributed by atoms with Gasteiger partial charge in [-0.15, -0.1) is 0 Å². The van der Waals surface area contributed by atoms with E-state index in [0.717, 1.165) is 11.1 Å². The van der Waals surface area contributed by atoms with Crippen molar-refractivity contribution in [2.45, 2.75) is 10.7 Å². The van der Waals surface area contributed by atoms with Gasteiger partial charge in [0, 0.05) is 19.5 Å². The summed E-state index contributed by atoms with van der Waals surface area (Å²) < 4.78 is 21.4. The van der Waals surface area contributed by atoms with Crippen LogP contribution in [-0.2, 0) is 31.8 Å². The molecule has 0 bridgehead atoms. The normalized spacial score (nSPS) is 25.2. The van der Waals surface area contributed by atoms with Crippen molar-refractivity contribution in [1.82, 2.24) is 5.32 Å². The molecule has 2 atom stereocenters. The number of fused-ring (bicyclic) bond motifs is 1. The molecule has 66 valence electrons. The second-order valence-corrected chi connectivity index (χ2v) is 4.08. The van der Waals surface area contributed by atoms with Gasteiger partial charge in [0.15, 0.2) is 0 Å². The van der Waals surface area contributed by atoms with Crippen molar-refractivity contribution in [3.05, 3.63) is 35.4 Å². The average molecular weight is 213 g/mol. The van der Waals surface area contributed by atoms with E-state index in [1.807, 2.05) is 24.3 Å². The Bertz CT molecular complexity index is 323. The molecule has 0 aliphatic carbocycles. The highest BCUT2D eigenvalue weighted by Crippen LogP contribution is 2.31. The molecule has 0 spiro atoms. The highest BCUT2D eigenvalue weighted by atomic mass is 32.1. The van der Waals surface area contributed by atoms with Crippen LogP contribution in [0.5, 0.6) is 0 Å². The topological polar surface area (TPSA) is 46.2 Å². The van der Waals surface area contributed by atoms with Gasteiger partial charge in [0.25, 0.3) is 0 Å². The first kappa shape index (κ1) is 8.80. The Balaban J connectivity index is 2.49. The molecule has 0 amide bonds. The quantitative estimate of drug-likeness (QED) is 0.749. The number of benzene rings is 1. The molecule has 3 nitrogen and oxygen atoms in total. The highest BCUT2D eigenvalue weighted by molar-refractivity contribution is 7.67. The maximum Gasteiger partial charge on any atom is 0.484 e. The highest BCUT2D eigenvalue weighted by Gasteiger charge is 2.45. The average Bonchev–Trinajstić information content (AvgIpc) is 2.56. The molecule has 1 aromatic carbocycles. The lowest BCUT2D eigenvalue weighted by Gasteiger charge is -1.90. The van der Waals surface area contributed by atoms with E-state index in [1.165, 1.54) is 0 Å². The van der Waals surface area contributed by atoms with E-state index in [2.05, 4.69) is 5.32 Å². The van der Waals surface area contributed by atoms with Crippen LogP contribution in [0, 0.1) is 0 Å². The zero-order chi connectivity index (χ0) is 9.26. The first-order valence-electron chi connectivity index (χ1n) is 3.79. The number of hydrogen-bond acceptors (Lipinski definition) is 3. The molecule has 0 saturated carbocycles. The second kappa shape index (κ2) is 3.53. The molecule has 1 aliphatic heterocycles. The lowest BCUT2D eigenvalue weighted by molar-refractivity contribution is 0.579. The van der Waals surface area contributed by atoms with E-state index < -0.39 is 0 Å². The van der Waals surface area contributed by atoms with E-state index in [1.54, 1.807) is 0 Å². The fourth-order valence-corrected chi connectivity index (χ4v) is 2.57. The Morgan fingerprint density at radius 3 is 1.85 bits per heavy atom. The Hall–Kier alpha value is -0.780. The van der Waals surface area contributed by atoms with Gasteiger partial charge in [-0.25, -0.2) is 0 Å². The lowest BCUT2D eigenvalue weighted by Crippen LogP contribution is -2.15. The van der Waals surface area contributed by atoms with Gasteiger partial charge in [0.05, 0.1) is 0 Å². The fraction of sp³-hybridized carbons (Fsp3) is 0.250. The third-order valence-electron chi connectivity index (χ3n) is 2.06.